The Kier molecular flexibility index (Phi) is 4.86. The van der Waals surface area contributed by atoms with Gasteiger partial charge >= 0.3 is 0 Å². The average molecular weight is 373 g/mol. The number of nitrogens with one attached hydrogen (secondary N) is 1. The zero-order valence-corrected chi connectivity index (χ0v) is 15.9. The molecular weight excluding hydrogens is 350 g/mol. The molecule has 1 N–H and O–H groups in total. The third kappa shape index (κ3) is 2.95. The molecule has 1 saturated heterocycles. The molecule has 3 aromatic rings. The van der Waals surface area contributed by atoms with Gasteiger partial charge in [0, 0.05) is 14.1 Å². The van der Waals surface area contributed by atoms with Crippen LogP contribution in [0.4, 0.5) is 0 Å². The number of hydrogen-bond donors (Lipinski definition) is 1. The van der Waals surface area contributed by atoms with Crippen LogP contribution >= 0.6 is 0 Å². The average Bonchev–Trinajstić information content (AvgIpc) is 2.74. The van der Waals surface area contributed by atoms with Crippen LogP contribution in [0.1, 0.15) is 11.1 Å². The monoisotopic (exact) mass is 373 g/mol. The van der Waals surface area contributed by atoms with Crippen LogP contribution in [0.5, 0.6) is 5.75 Å². The number of nitrogens with zero attached hydrogens (tertiary/aromatic N) is 2. The first-order valence-corrected chi connectivity index (χ1v) is 9.24. The van der Waals surface area contributed by atoms with E-state index in [4.69, 9.17) is 4.74 Å². The van der Waals surface area contributed by atoms with Gasteiger partial charge in [0.1, 0.15) is 5.75 Å². The van der Waals surface area contributed by atoms with E-state index in [1.165, 1.54) is 0 Å². The van der Waals surface area contributed by atoms with Gasteiger partial charge in [-0.2, -0.15) is 5.53 Å². The summed E-state index contributed by atoms with van der Waals surface area (Å²) in [6, 6.07) is 29.5. The van der Waals surface area contributed by atoms with E-state index in [9.17, 15) is 4.79 Å². The molecule has 4 rings (SSSR count). The number of amides is 1. The molecule has 3 aromatic carbocycles. The molecule has 28 heavy (non-hydrogen) atoms. The first-order chi connectivity index (χ1) is 13.6. The zero-order chi connectivity index (χ0) is 19.6. The van der Waals surface area contributed by atoms with Gasteiger partial charge < -0.3 is 4.74 Å². The molecule has 5 nitrogen and oxygen atoms in total. The van der Waals surface area contributed by atoms with Crippen molar-refractivity contribution < 1.29 is 9.53 Å². The summed E-state index contributed by atoms with van der Waals surface area (Å²) in [5, 5.41) is 3.42. The molecule has 1 amide bonds. The highest BCUT2D eigenvalue weighted by Gasteiger charge is 2.65. The molecule has 0 radical (unpaired) electrons. The molecular formula is C23H23N3O2. The summed E-state index contributed by atoms with van der Waals surface area (Å²) in [6.07, 6.45) is -0.688. The van der Waals surface area contributed by atoms with Crippen LogP contribution in [0, 0.1) is 0 Å². The molecule has 5 heteroatoms. The van der Waals surface area contributed by atoms with Gasteiger partial charge in [0.15, 0.2) is 5.54 Å². The van der Waals surface area contributed by atoms with E-state index in [2.05, 4.69) is 5.53 Å². The van der Waals surface area contributed by atoms with E-state index >= 15 is 0 Å². The predicted molar refractivity (Wildman–Crippen MR) is 108 cm³/mol. The maximum absolute atomic E-state index is 13.2. The zero-order valence-electron chi connectivity index (χ0n) is 15.9. The molecule has 0 bridgehead atoms. The lowest BCUT2D eigenvalue weighted by Crippen LogP contribution is -2.79. The number of para-hydroxylation sites is 1. The minimum absolute atomic E-state index is 0.120. The molecule has 1 heterocycles. The second-order valence-electron chi connectivity index (χ2n) is 6.98. The Morgan fingerprint density at radius 2 is 1.29 bits per heavy atom. The van der Waals surface area contributed by atoms with E-state index in [-0.39, 0.29) is 5.91 Å². The lowest BCUT2D eigenvalue weighted by molar-refractivity contribution is -0.197. The maximum atomic E-state index is 13.2. The summed E-state index contributed by atoms with van der Waals surface area (Å²) in [5.41, 5.74) is 4.34. The van der Waals surface area contributed by atoms with Gasteiger partial charge in [-0.15, -0.1) is 0 Å². The molecule has 0 aliphatic carbocycles. The van der Waals surface area contributed by atoms with Gasteiger partial charge in [0.25, 0.3) is 5.91 Å². The Bertz CT molecular complexity index is 890. The van der Waals surface area contributed by atoms with Crippen molar-refractivity contribution in [3.63, 3.8) is 0 Å². The van der Waals surface area contributed by atoms with Crippen molar-refractivity contribution in [2.75, 3.05) is 14.1 Å². The number of ether oxygens (including phenoxy) is 1. The van der Waals surface area contributed by atoms with Crippen molar-refractivity contribution in [2.24, 2.45) is 0 Å². The standard InChI is InChI=1S/C23H23N3O2/c1-25(2)24-26-22(27)21(28-20-16-10-5-11-17-20)23(26,18-12-6-3-7-13-18)19-14-8-4-9-15-19/h3-17,21,24H,1-2H3/t21-/m1/s1. The highest BCUT2D eigenvalue weighted by atomic mass is 16.5. The molecule has 0 aromatic heterocycles. The van der Waals surface area contributed by atoms with Crippen molar-refractivity contribution in [1.82, 2.24) is 15.6 Å². The second kappa shape index (κ2) is 7.46. The van der Waals surface area contributed by atoms with Crippen molar-refractivity contribution >= 4 is 5.91 Å². The van der Waals surface area contributed by atoms with Gasteiger partial charge in [-0.1, -0.05) is 78.9 Å². The molecule has 1 fully saturated rings. The normalized spacial score (nSPS) is 18.0. The first kappa shape index (κ1) is 18.2. The molecule has 0 spiro atoms. The lowest BCUT2D eigenvalue weighted by Gasteiger charge is -2.57. The van der Waals surface area contributed by atoms with Crippen molar-refractivity contribution in [1.29, 1.82) is 0 Å². The predicted octanol–water partition coefficient (Wildman–Crippen LogP) is 3.20. The Labute approximate surface area is 165 Å². The van der Waals surface area contributed by atoms with E-state index in [0.717, 1.165) is 11.1 Å². The summed E-state index contributed by atoms with van der Waals surface area (Å²) in [7, 11) is 3.72. The van der Waals surface area contributed by atoms with Gasteiger partial charge in [-0.05, 0) is 23.3 Å². The van der Waals surface area contributed by atoms with Crippen molar-refractivity contribution in [2.45, 2.75) is 11.6 Å². The van der Waals surface area contributed by atoms with Crippen LogP contribution in [0.3, 0.4) is 0 Å². The topological polar surface area (TPSA) is 44.8 Å². The molecule has 0 unspecified atom stereocenters. The highest BCUT2D eigenvalue weighted by molar-refractivity contribution is 5.92. The Hall–Kier alpha value is -3.15. The minimum Gasteiger partial charge on any atom is -0.477 e. The Balaban J connectivity index is 1.87. The van der Waals surface area contributed by atoms with Gasteiger partial charge in [0.2, 0.25) is 6.10 Å². The van der Waals surface area contributed by atoms with E-state index in [1.54, 1.807) is 10.0 Å². The van der Waals surface area contributed by atoms with E-state index in [1.807, 2.05) is 105 Å². The molecule has 142 valence electrons. The van der Waals surface area contributed by atoms with Crippen LogP contribution in [-0.4, -0.2) is 36.1 Å². The minimum atomic E-state index is -0.792. The van der Waals surface area contributed by atoms with Crippen molar-refractivity contribution in [3.8, 4) is 5.75 Å². The Morgan fingerprint density at radius 3 is 1.75 bits per heavy atom. The number of carbonyl (C=O) groups is 1. The lowest BCUT2D eigenvalue weighted by atomic mass is 9.71. The Morgan fingerprint density at radius 1 is 0.821 bits per heavy atom. The van der Waals surface area contributed by atoms with Crippen LogP contribution in [0.2, 0.25) is 0 Å². The molecule has 1 aliphatic heterocycles. The third-order valence-corrected chi connectivity index (χ3v) is 4.90. The second-order valence-corrected chi connectivity index (χ2v) is 6.98. The summed E-state index contributed by atoms with van der Waals surface area (Å²) < 4.78 is 6.25. The molecule has 1 aliphatic rings. The fourth-order valence-corrected chi connectivity index (χ4v) is 3.73. The molecule has 0 saturated carbocycles. The quantitative estimate of drug-likeness (QED) is 0.532. The van der Waals surface area contributed by atoms with Gasteiger partial charge in [-0.25, -0.2) is 10.0 Å². The maximum Gasteiger partial charge on any atom is 0.283 e. The summed E-state index contributed by atoms with van der Waals surface area (Å²) in [4.78, 5) is 13.2. The number of rotatable bonds is 6. The van der Waals surface area contributed by atoms with Crippen LogP contribution in [0.25, 0.3) is 0 Å². The number of carbonyl (C=O) groups excluding carboxylic acids is 1. The molecule has 1 atom stereocenters. The summed E-state index contributed by atoms with van der Waals surface area (Å²) in [5.74, 6) is 0.548. The van der Waals surface area contributed by atoms with E-state index in [0.29, 0.717) is 5.75 Å². The number of hydrogen-bond acceptors (Lipinski definition) is 4. The van der Waals surface area contributed by atoms with Crippen LogP contribution in [0.15, 0.2) is 91.0 Å². The summed E-state index contributed by atoms with van der Waals surface area (Å²) in [6.45, 7) is 0. The van der Waals surface area contributed by atoms with Crippen molar-refractivity contribution in [3.05, 3.63) is 102 Å². The number of benzene rings is 3. The highest BCUT2D eigenvalue weighted by Crippen LogP contribution is 2.47. The fourth-order valence-electron chi connectivity index (χ4n) is 3.73. The smallest absolute Gasteiger partial charge is 0.283 e. The SMILES string of the molecule is CN(C)NN1C(=O)[C@@H](Oc2ccccc2)C1(c1ccccc1)c1ccccc1. The van der Waals surface area contributed by atoms with Gasteiger partial charge in [-0.3, -0.25) is 4.79 Å². The van der Waals surface area contributed by atoms with Crippen LogP contribution in [-0.2, 0) is 10.3 Å². The van der Waals surface area contributed by atoms with Gasteiger partial charge in [0.05, 0.1) is 0 Å². The number of β-lactam (4-membered cyclic amide) rings is 1. The summed E-state index contributed by atoms with van der Waals surface area (Å²) >= 11 is 0. The number of hydrazine groups is 2. The fraction of sp³-hybridized carbons (Fsp3) is 0.174. The first-order valence-electron chi connectivity index (χ1n) is 9.24. The largest absolute Gasteiger partial charge is 0.477 e. The third-order valence-electron chi connectivity index (χ3n) is 4.90. The van der Waals surface area contributed by atoms with Crippen LogP contribution < -0.4 is 10.3 Å². The van der Waals surface area contributed by atoms with E-state index < -0.39 is 11.6 Å².